The smallest absolute Gasteiger partial charge is 0.317 e. The van der Waals surface area contributed by atoms with Crippen LogP contribution in [0.1, 0.15) is 0 Å². The third kappa shape index (κ3) is 115. The minimum Gasteiger partial charge on any atom is -0.480 e. The molecule has 0 amide bonds. The van der Waals surface area contributed by atoms with Gasteiger partial charge in [-0.3, -0.25) is 4.79 Å². The van der Waals surface area contributed by atoms with Crippen molar-refractivity contribution in [3.05, 3.63) is 0 Å². The molecule has 0 aromatic heterocycles. The van der Waals surface area contributed by atoms with Gasteiger partial charge in [-0.1, -0.05) is 0 Å². The Kier molecular flexibility index (Phi) is 6.87. The van der Waals surface area contributed by atoms with Gasteiger partial charge in [-0.05, 0) is 0 Å². The molecular formula is C4H12AsNO4. The fourth-order valence-corrected chi connectivity index (χ4v) is 0. The number of rotatable bonds is 1. The molecule has 10 heavy (non-hydrogen) atoms. The van der Waals surface area contributed by atoms with Gasteiger partial charge >= 0.3 is 39.1 Å². The second-order valence-corrected chi connectivity index (χ2v) is 7.32. The van der Waals surface area contributed by atoms with Gasteiger partial charge < -0.3 is 10.8 Å². The molecular weight excluding hydrogens is 201 g/mol. The molecule has 0 aliphatic heterocycles. The first-order valence-corrected chi connectivity index (χ1v) is 7.83. The SMILES string of the molecule is C[As](C)(=O)O.NCC(=O)O. The van der Waals surface area contributed by atoms with E-state index in [2.05, 4.69) is 5.73 Å². The maximum Gasteiger partial charge on any atom is 0.317 e. The largest absolute Gasteiger partial charge is 0.480 e. The van der Waals surface area contributed by atoms with Crippen molar-refractivity contribution < 1.29 is 17.7 Å². The van der Waals surface area contributed by atoms with Crippen molar-refractivity contribution >= 4 is 19.8 Å². The molecule has 5 nitrogen and oxygen atoms in total. The number of hydrogen-bond acceptors (Lipinski definition) is 3. The van der Waals surface area contributed by atoms with Crippen molar-refractivity contribution in [1.82, 2.24) is 0 Å². The normalized spacial score (nSPS) is 9.60. The van der Waals surface area contributed by atoms with Gasteiger partial charge in [-0.25, -0.2) is 0 Å². The Hall–Kier alpha value is -0.252. The molecule has 0 bridgehead atoms. The molecule has 0 atom stereocenters. The fraction of sp³-hybridized carbons (Fsp3) is 0.750. The van der Waals surface area contributed by atoms with Crippen LogP contribution in [0.3, 0.4) is 0 Å². The maximum absolute atomic E-state index is 9.83. The molecule has 0 radical (unpaired) electrons. The average Bonchev–Trinajstić information content (AvgIpc) is 1.61. The summed E-state index contributed by atoms with van der Waals surface area (Å²) in [5.41, 5.74) is 7.29. The van der Waals surface area contributed by atoms with Crippen LogP contribution in [0.25, 0.3) is 0 Å². The molecule has 6 heteroatoms. The van der Waals surface area contributed by atoms with Crippen molar-refractivity contribution in [2.75, 3.05) is 6.54 Å². The third-order valence-electron chi connectivity index (χ3n) is 0.175. The maximum atomic E-state index is 9.83. The molecule has 0 fully saturated rings. The van der Waals surface area contributed by atoms with Crippen molar-refractivity contribution in [3.8, 4) is 0 Å². The van der Waals surface area contributed by atoms with Crippen molar-refractivity contribution in [1.29, 1.82) is 0 Å². The van der Waals surface area contributed by atoms with Gasteiger partial charge in [0.05, 0.1) is 6.54 Å². The third-order valence-corrected chi connectivity index (χ3v) is 0.175. The van der Waals surface area contributed by atoms with E-state index in [0.29, 0.717) is 0 Å². The van der Waals surface area contributed by atoms with E-state index in [-0.39, 0.29) is 6.54 Å². The molecule has 0 aliphatic carbocycles. The van der Waals surface area contributed by atoms with Crippen LogP contribution in [0.4, 0.5) is 0 Å². The van der Waals surface area contributed by atoms with E-state index in [0.717, 1.165) is 0 Å². The van der Waals surface area contributed by atoms with Crippen LogP contribution in [0.5, 0.6) is 0 Å². The zero-order chi connectivity index (χ0) is 8.78. The molecule has 0 heterocycles. The Balaban J connectivity index is 0. The Morgan fingerprint density at radius 3 is 1.70 bits per heavy atom. The van der Waals surface area contributed by atoms with Crippen LogP contribution in [-0.2, 0) is 8.53 Å². The van der Waals surface area contributed by atoms with Crippen molar-refractivity contribution in [2.24, 2.45) is 5.73 Å². The molecule has 0 aromatic rings. The van der Waals surface area contributed by atoms with E-state index in [1.165, 1.54) is 11.4 Å². The van der Waals surface area contributed by atoms with E-state index in [1.807, 2.05) is 0 Å². The van der Waals surface area contributed by atoms with Gasteiger partial charge in [-0.15, -0.1) is 0 Å². The standard InChI is InChI=1S/C2H7AsO2.C2H5NO2/c1-3(2,4)5;3-1-2(4)5/h1-2H3,(H,4,5);1,3H2,(H,4,5). The van der Waals surface area contributed by atoms with E-state index in [1.54, 1.807) is 0 Å². The van der Waals surface area contributed by atoms with Gasteiger partial charge in [0.2, 0.25) is 0 Å². The van der Waals surface area contributed by atoms with E-state index >= 15 is 0 Å². The summed E-state index contributed by atoms with van der Waals surface area (Å²) < 4.78 is 18.0. The first kappa shape index (κ1) is 12.4. The Labute approximate surface area is 61.9 Å². The number of carbonyl (C=O) groups is 1. The number of hydrogen-bond donors (Lipinski definition) is 3. The second-order valence-electron chi connectivity index (χ2n) is 1.89. The molecule has 0 spiro atoms. The van der Waals surface area contributed by atoms with Crippen LogP contribution >= 0.6 is 0 Å². The zero-order valence-electron chi connectivity index (χ0n) is 5.94. The summed E-state index contributed by atoms with van der Waals surface area (Å²) in [6, 6.07) is 0. The van der Waals surface area contributed by atoms with Crippen LogP contribution in [0.2, 0.25) is 11.4 Å². The van der Waals surface area contributed by atoms with Crippen molar-refractivity contribution in [2.45, 2.75) is 11.4 Å². The van der Waals surface area contributed by atoms with Crippen LogP contribution in [0, 0.1) is 0 Å². The van der Waals surface area contributed by atoms with Crippen LogP contribution in [0.15, 0.2) is 0 Å². The van der Waals surface area contributed by atoms with Crippen LogP contribution < -0.4 is 5.73 Å². The predicted octanol–water partition coefficient (Wildman–Crippen LogP) is -0.859. The van der Waals surface area contributed by atoms with Gasteiger partial charge in [0.15, 0.2) is 0 Å². The molecule has 0 aliphatic rings. The first-order chi connectivity index (χ1) is 4.27. The monoisotopic (exact) mass is 213 g/mol. The minimum atomic E-state index is -3.12. The Morgan fingerprint density at radius 1 is 1.60 bits per heavy atom. The minimum absolute atomic E-state index is 0.278. The molecule has 0 aromatic carbocycles. The quantitative estimate of drug-likeness (QED) is 0.492. The predicted molar refractivity (Wildman–Crippen MR) is 37.1 cm³/mol. The summed E-state index contributed by atoms with van der Waals surface area (Å²) in [4.78, 5) is 9.24. The van der Waals surface area contributed by atoms with Gasteiger partial charge in [0, 0.05) is 0 Å². The summed E-state index contributed by atoms with van der Waals surface area (Å²) in [5, 5.41) is 7.60. The summed E-state index contributed by atoms with van der Waals surface area (Å²) in [5.74, 6) is -0.968. The van der Waals surface area contributed by atoms with Gasteiger partial charge in [0.25, 0.3) is 0 Å². The topological polar surface area (TPSA) is 101 Å². The second kappa shape index (κ2) is 5.53. The number of aliphatic carboxylic acids is 1. The molecule has 0 unspecified atom stereocenters. The number of nitrogens with two attached hydrogens (primary N) is 1. The van der Waals surface area contributed by atoms with Crippen molar-refractivity contribution in [3.63, 3.8) is 0 Å². The Morgan fingerprint density at radius 2 is 1.70 bits per heavy atom. The van der Waals surface area contributed by atoms with E-state index in [9.17, 15) is 8.53 Å². The summed E-state index contributed by atoms with van der Waals surface area (Å²) in [6.07, 6.45) is 0. The molecule has 0 saturated heterocycles. The molecule has 62 valence electrons. The molecule has 0 saturated carbocycles. The first-order valence-electron chi connectivity index (χ1n) is 2.47. The number of carboxylic acids is 1. The zero-order valence-corrected chi connectivity index (χ0v) is 7.82. The van der Waals surface area contributed by atoms with E-state index < -0.39 is 19.8 Å². The molecule has 4 N–H and O–H groups in total. The summed E-state index contributed by atoms with van der Waals surface area (Å²) in [6.45, 7) is -0.278. The number of carboxylic acid groups (broad SMARTS) is 1. The van der Waals surface area contributed by atoms with Gasteiger partial charge in [0.1, 0.15) is 0 Å². The molecule has 0 rings (SSSR count). The van der Waals surface area contributed by atoms with E-state index in [4.69, 9.17) is 9.20 Å². The Bertz CT molecular complexity index is 132. The average molecular weight is 213 g/mol. The fourth-order valence-electron chi connectivity index (χ4n) is 0. The summed E-state index contributed by atoms with van der Waals surface area (Å²) in [7, 11) is 0. The van der Waals surface area contributed by atoms with Crippen LogP contribution in [-0.4, -0.2) is 35.5 Å². The van der Waals surface area contributed by atoms with Gasteiger partial charge in [-0.2, -0.15) is 0 Å². The summed E-state index contributed by atoms with van der Waals surface area (Å²) >= 11 is -3.12.